The average Bonchev–Trinajstić information content (AvgIpc) is 2.90. The van der Waals surface area contributed by atoms with Crippen molar-refractivity contribution in [2.45, 2.75) is 19.4 Å². The normalized spacial score (nSPS) is 12.8. The third-order valence-corrected chi connectivity index (χ3v) is 5.02. The van der Waals surface area contributed by atoms with Gasteiger partial charge >= 0.3 is 0 Å². The number of hydrogen-bond donors (Lipinski definition) is 2. The number of carbonyl (C=O) groups excluding carboxylic acids is 1. The molecule has 3 rings (SSSR count). The van der Waals surface area contributed by atoms with E-state index in [9.17, 15) is 4.79 Å². The predicted molar refractivity (Wildman–Crippen MR) is 93.7 cm³/mol. The van der Waals surface area contributed by atoms with Crippen LogP contribution in [0.2, 0.25) is 0 Å². The number of benzene rings is 1. The molecule has 0 unspecified atom stereocenters. The summed E-state index contributed by atoms with van der Waals surface area (Å²) in [5, 5.41) is 6.35. The molecule has 2 heterocycles. The first-order valence-electron chi connectivity index (χ1n) is 6.62. The first kappa shape index (κ1) is 16.3. The second-order valence-corrected chi connectivity index (χ2v) is 7.30. The number of nitrogens with one attached hydrogen (secondary N) is 2. The van der Waals surface area contributed by atoms with Crippen LogP contribution in [-0.4, -0.2) is 12.5 Å². The highest BCUT2D eigenvalue weighted by molar-refractivity contribution is 9.11. The van der Waals surface area contributed by atoms with Gasteiger partial charge in [-0.2, -0.15) is 0 Å². The van der Waals surface area contributed by atoms with Gasteiger partial charge in [-0.15, -0.1) is 23.7 Å². The Morgan fingerprint density at radius 1 is 1.33 bits per heavy atom. The fourth-order valence-electron chi connectivity index (χ4n) is 2.43. The van der Waals surface area contributed by atoms with E-state index in [4.69, 9.17) is 0 Å². The van der Waals surface area contributed by atoms with Gasteiger partial charge in [0.05, 0.1) is 10.3 Å². The van der Waals surface area contributed by atoms with E-state index < -0.39 is 0 Å². The Morgan fingerprint density at radius 2 is 2.19 bits per heavy atom. The summed E-state index contributed by atoms with van der Waals surface area (Å²) >= 11 is 5.07. The van der Waals surface area contributed by atoms with Gasteiger partial charge < -0.3 is 10.6 Å². The van der Waals surface area contributed by atoms with Crippen LogP contribution in [0.15, 0.2) is 34.1 Å². The molecule has 3 nitrogen and oxygen atoms in total. The summed E-state index contributed by atoms with van der Waals surface area (Å²) in [6, 6.07) is 9.92. The third-order valence-electron chi connectivity index (χ3n) is 3.39. The Balaban J connectivity index is 0.00000161. The minimum absolute atomic E-state index is 0. The van der Waals surface area contributed by atoms with Crippen LogP contribution < -0.4 is 10.6 Å². The molecule has 2 N–H and O–H groups in total. The fraction of sp³-hybridized carbons (Fsp3) is 0.267. The van der Waals surface area contributed by atoms with E-state index in [0.717, 1.165) is 44.9 Å². The SMILES string of the molecule is Cl.O=C(NCc1ccc(Br)s1)c1cccc2c1CCCN2. The second-order valence-electron chi connectivity index (χ2n) is 4.75. The number of amides is 1. The molecule has 1 aromatic carbocycles. The summed E-state index contributed by atoms with van der Waals surface area (Å²) in [7, 11) is 0. The molecular weight excluding hydrogens is 372 g/mol. The minimum atomic E-state index is 0. The number of halogens is 2. The first-order chi connectivity index (χ1) is 9.74. The summed E-state index contributed by atoms with van der Waals surface area (Å²) in [5.41, 5.74) is 3.04. The zero-order valence-corrected chi connectivity index (χ0v) is 14.5. The highest BCUT2D eigenvalue weighted by Gasteiger charge is 2.17. The lowest BCUT2D eigenvalue weighted by Gasteiger charge is -2.20. The largest absolute Gasteiger partial charge is 0.385 e. The van der Waals surface area contributed by atoms with Crippen LogP contribution in [0.5, 0.6) is 0 Å². The molecule has 112 valence electrons. The highest BCUT2D eigenvalue weighted by Crippen LogP contribution is 2.26. The van der Waals surface area contributed by atoms with Gasteiger partial charge in [0.1, 0.15) is 0 Å². The molecule has 1 amide bonds. The zero-order valence-electron chi connectivity index (χ0n) is 11.3. The van der Waals surface area contributed by atoms with Gasteiger partial charge in [-0.25, -0.2) is 0 Å². The van der Waals surface area contributed by atoms with E-state index in [0.29, 0.717) is 6.54 Å². The summed E-state index contributed by atoms with van der Waals surface area (Å²) in [6.45, 7) is 1.56. The van der Waals surface area contributed by atoms with Crippen LogP contribution in [-0.2, 0) is 13.0 Å². The maximum Gasteiger partial charge on any atom is 0.251 e. The van der Waals surface area contributed by atoms with Gasteiger partial charge in [-0.3, -0.25) is 4.79 Å². The molecule has 0 bridgehead atoms. The number of carbonyl (C=O) groups is 1. The molecule has 0 atom stereocenters. The summed E-state index contributed by atoms with van der Waals surface area (Å²) in [5.74, 6) is 0.00933. The van der Waals surface area contributed by atoms with Gasteiger partial charge in [0, 0.05) is 22.7 Å². The van der Waals surface area contributed by atoms with Crippen LogP contribution in [0.3, 0.4) is 0 Å². The number of rotatable bonds is 3. The quantitative estimate of drug-likeness (QED) is 0.828. The fourth-order valence-corrected chi connectivity index (χ4v) is 3.86. The van der Waals surface area contributed by atoms with Crippen molar-refractivity contribution < 1.29 is 4.79 Å². The minimum Gasteiger partial charge on any atom is -0.385 e. The summed E-state index contributed by atoms with van der Waals surface area (Å²) in [6.07, 6.45) is 2.05. The van der Waals surface area contributed by atoms with Crippen molar-refractivity contribution in [2.24, 2.45) is 0 Å². The molecule has 0 saturated heterocycles. The third kappa shape index (κ3) is 3.78. The number of anilines is 1. The van der Waals surface area contributed by atoms with Crippen LogP contribution in [0.1, 0.15) is 27.2 Å². The number of hydrogen-bond acceptors (Lipinski definition) is 3. The van der Waals surface area contributed by atoms with Crippen molar-refractivity contribution in [1.29, 1.82) is 0 Å². The molecule has 6 heteroatoms. The molecule has 0 radical (unpaired) electrons. The maximum atomic E-state index is 12.4. The van der Waals surface area contributed by atoms with E-state index in [-0.39, 0.29) is 18.3 Å². The van der Waals surface area contributed by atoms with Crippen LogP contribution in [0.25, 0.3) is 0 Å². The molecule has 1 aliphatic heterocycles. The number of fused-ring (bicyclic) bond motifs is 1. The van der Waals surface area contributed by atoms with Crippen molar-refractivity contribution in [3.05, 3.63) is 50.1 Å². The molecule has 21 heavy (non-hydrogen) atoms. The van der Waals surface area contributed by atoms with Crippen molar-refractivity contribution in [2.75, 3.05) is 11.9 Å². The highest BCUT2D eigenvalue weighted by atomic mass is 79.9. The van der Waals surface area contributed by atoms with E-state index in [2.05, 4.69) is 26.6 Å². The molecule has 0 spiro atoms. The Hall–Kier alpha value is -1.04. The van der Waals surface area contributed by atoms with Crippen molar-refractivity contribution in [1.82, 2.24) is 5.32 Å². The standard InChI is InChI=1S/C15H15BrN2OS.ClH/c16-14-7-6-10(20-14)9-18-15(19)12-3-1-5-13-11(12)4-2-8-17-13;/h1,3,5-7,17H,2,4,8-9H2,(H,18,19);1H. The maximum absolute atomic E-state index is 12.4. The number of thiophene rings is 1. The average molecular weight is 388 g/mol. The predicted octanol–water partition coefficient (Wildman–Crippen LogP) is 4.22. The lowest BCUT2D eigenvalue weighted by Crippen LogP contribution is -2.25. The van der Waals surface area contributed by atoms with Crippen LogP contribution in [0.4, 0.5) is 5.69 Å². The Labute approximate surface area is 142 Å². The molecule has 2 aromatic rings. The van der Waals surface area contributed by atoms with Gasteiger partial charge in [-0.1, -0.05) is 6.07 Å². The van der Waals surface area contributed by atoms with Crippen molar-refractivity contribution in [3.63, 3.8) is 0 Å². The van der Waals surface area contributed by atoms with E-state index in [1.54, 1.807) is 11.3 Å². The molecule has 1 aliphatic rings. The molecule has 0 saturated carbocycles. The van der Waals surface area contributed by atoms with Gasteiger partial charge in [0.2, 0.25) is 0 Å². The lowest BCUT2D eigenvalue weighted by atomic mass is 9.97. The van der Waals surface area contributed by atoms with Crippen LogP contribution in [0, 0.1) is 0 Å². The molecule has 0 fully saturated rings. The summed E-state index contributed by atoms with van der Waals surface area (Å²) < 4.78 is 1.09. The monoisotopic (exact) mass is 386 g/mol. The Morgan fingerprint density at radius 3 is 2.95 bits per heavy atom. The van der Waals surface area contributed by atoms with Crippen LogP contribution >= 0.6 is 39.7 Å². The van der Waals surface area contributed by atoms with Crippen molar-refractivity contribution in [3.8, 4) is 0 Å². The topological polar surface area (TPSA) is 41.1 Å². The van der Waals surface area contributed by atoms with Gasteiger partial charge in [0.15, 0.2) is 0 Å². The first-order valence-corrected chi connectivity index (χ1v) is 8.23. The van der Waals surface area contributed by atoms with Crippen molar-refractivity contribution >= 4 is 51.3 Å². The summed E-state index contributed by atoms with van der Waals surface area (Å²) in [4.78, 5) is 13.5. The van der Waals surface area contributed by atoms with E-state index >= 15 is 0 Å². The van der Waals surface area contributed by atoms with Gasteiger partial charge in [-0.05, 0) is 58.6 Å². The smallest absolute Gasteiger partial charge is 0.251 e. The Kier molecular flexibility index (Phi) is 5.67. The molecular formula is C15H16BrClN2OS. The lowest BCUT2D eigenvalue weighted by molar-refractivity contribution is 0.0950. The second kappa shape index (κ2) is 7.29. The van der Waals surface area contributed by atoms with E-state index in [1.807, 2.05) is 30.3 Å². The van der Waals surface area contributed by atoms with E-state index in [1.165, 1.54) is 0 Å². The Bertz CT molecular complexity index is 644. The zero-order chi connectivity index (χ0) is 13.9. The molecule has 0 aliphatic carbocycles. The molecule has 1 aromatic heterocycles. The van der Waals surface area contributed by atoms with Gasteiger partial charge in [0.25, 0.3) is 5.91 Å².